The van der Waals surface area contributed by atoms with Crippen LogP contribution >= 0.6 is 0 Å². The molecule has 4 aromatic rings. The Kier molecular flexibility index (Phi) is 6.89. The number of ketones is 1. The molecular weight excluding hydrogens is 475 g/mol. The monoisotopic (exact) mass is 502 g/mol. The Balaban J connectivity index is 1.51. The first-order valence-corrected chi connectivity index (χ1v) is 12.6. The number of halogens is 1. The molecule has 4 nitrogen and oxygen atoms in total. The summed E-state index contributed by atoms with van der Waals surface area (Å²) in [5.41, 5.74) is 5.43. The Morgan fingerprint density at radius 1 is 1.00 bits per heavy atom. The van der Waals surface area contributed by atoms with Crippen LogP contribution in [0.5, 0.6) is 0 Å². The van der Waals surface area contributed by atoms with Crippen LogP contribution in [0.1, 0.15) is 65.2 Å². The summed E-state index contributed by atoms with van der Waals surface area (Å²) < 4.78 is 13.4. The summed E-state index contributed by atoms with van der Waals surface area (Å²) >= 11 is 0. The second-order valence-corrected chi connectivity index (χ2v) is 9.94. The number of benzene rings is 4. The molecule has 0 saturated heterocycles. The molecule has 188 valence electrons. The van der Waals surface area contributed by atoms with E-state index in [4.69, 9.17) is 4.84 Å². The smallest absolute Gasteiger partial charge is 0.165 e. The van der Waals surface area contributed by atoms with Gasteiger partial charge in [-0.15, -0.1) is 0 Å². The first-order chi connectivity index (χ1) is 18.4. The molecule has 1 heterocycles. The van der Waals surface area contributed by atoms with E-state index in [0.29, 0.717) is 17.5 Å². The molecule has 0 N–H and O–H groups in total. The number of hydrogen-bond acceptors (Lipinski definition) is 4. The number of Topliss-reactive ketones (excluding diaryl/α,β-unsaturated/α-hetero) is 1. The van der Waals surface area contributed by atoms with Gasteiger partial charge in [-0.05, 0) is 71.5 Å². The molecule has 1 aliphatic heterocycles. The van der Waals surface area contributed by atoms with E-state index in [2.05, 4.69) is 11.2 Å². The minimum absolute atomic E-state index is 0.0373. The lowest BCUT2D eigenvalue weighted by Gasteiger charge is -2.21. The van der Waals surface area contributed by atoms with Gasteiger partial charge in [-0.3, -0.25) is 4.79 Å². The van der Waals surface area contributed by atoms with Crippen molar-refractivity contribution in [2.75, 3.05) is 0 Å². The van der Waals surface area contributed by atoms with Gasteiger partial charge in [-0.2, -0.15) is 5.26 Å². The second kappa shape index (κ2) is 10.4. The van der Waals surface area contributed by atoms with Crippen molar-refractivity contribution in [3.8, 4) is 17.2 Å². The Hall–Kier alpha value is -4.56. The maximum absolute atomic E-state index is 13.5. The summed E-state index contributed by atoms with van der Waals surface area (Å²) in [6, 6.07) is 31.5. The van der Waals surface area contributed by atoms with Crippen LogP contribution in [0.3, 0.4) is 0 Å². The minimum Gasteiger partial charge on any atom is -0.384 e. The number of nitrogens with zero attached hydrogens (tertiary/aromatic N) is 2. The van der Waals surface area contributed by atoms with Crippen LogP contribution in [0.15, 0.2) is 102 Å². The zero-order chi connectivity index (χ0) is 26.7. The number of oxime groups is 1. The number of carbonyl (C=O) groups is 1. The summed E-state index contributed by atoms with van der Waals surface area (Å²) in [5.74, 6) is -0.428. The first-order valence-electron chi connectivity index (χ1n) is 12.6. The molecular formula is C33H27FN2O2. The molecule has 0 bridgehead atoms. The molecule has 0 aliphatic carbocycles. The summed E-state index contributed by atoms with van der Waals surface area (Å²) in [7, 11) is 0. The summed E-state index contributed by atoms with van der Waals surface area (Å²) in [4.78, 5) is 19.5. The van der Waals surface area contributed by atoms with E-state index < -0.39 is 5.60 Å². The van der Waals surface area contributed by atoms with Crippen molar-refractivity contribution in [1.82, 2.24) is 0 Å². The summed E-state index contributed by atoms with van der Waals surface area (Å²) in [6.45, 7) is 3.96. The van der Waals surface area contributed by atoms with Gasteiger partial charge in [0.05, 0.1) is 17.3 Å². The van der Waals surface area contributed by atoms with Crippen LogP contribution in [0.25, 0.3) is 11.1 Å². The lowest BCUT2D eigenvalue weighted by atomic mass is 9.86. The van der Waals surface area contributed by atoms with Crippen LogP contribution in [0.4, 0.5) is 4.39 Å². The van der Waals surface area contributed by atoms with Crippen LogP contribution in [-0.2, 0) is 10.4 Å². The highest BCUT2D eigenvalue weighted by atomic mass is 19.1. The van der Waals surface area contributed by atoms with Gasteiger partial charge < -0.3 is 4.84 Å². The number of carbonyl (C=O) groups excluding carboxylic acids is 1. The largest absolute Gasteiger partial charge is 0.384 e. The van der Waals surface area contributed by atoms with E-state index in [1.807, 2.05) is 80.6 Å². The molecule has 0 fully saturated rings. The topological polar surface area (TPSA) is 62.4 Å². The van der Waals surface area contributed by atoms with Crippen molar-refractivity contribution in [2.24, 2.45) is 5.16 Å². The van der Waals surface area contributed by atoms with E-state index in [-0.39, 0.29) is 23.9 Å². The molecule has 5 heteroatoms. The quantitative estimate of drug-likeness (QED) is 0.242. The van der Waals surface area contributed by atoms with Crippen LogP contribution in [-0.4, -0.2) is 11.5 Å². The van der Waals surface area contributed by atoms with Crippen molar-refractivity contribution < 1.29 is 14.0 Å². The molecule has 5 rings (SSSR count). The number of hydrogen-bond donors (Lipinski definition) is 0. The van der Waals surface area contributed by atoms with Crippen LogP contribution < -0.4 is 0 Å². The third kappa shape index (κ3) is 5.12. The lowest BCUT2D eigenvalue weighted by molar-refractivity contribution is -0.00738. The first kappa shape index (κ1) is 25.1. The standard InChI is InChI=1S/C33H27FN2O2/c1-22(23-12-14-29(34)15-13-23)16-32(37)27-18-25(30-11-7-6-8-24(30)21-35)17-26(19-27)31-20-33(2,38-36-31)28-9-4-3-5-10-28/h3-15,17-19,22H,16,20H2,1-2H3. The van der Waals surface area contributed by atoms with Crippen molar-refractivity contribution >= 4 is 11.5 Å². The maximum atomic E-state index is 13.5. The zero-order valence-electron chi connectivity index (χ0n) is 21.3. The van der Waals surface area contributed by atoms with Crippen molar-refractivity contribution in [3.05, 3.63) is 131 Å². The molecule has 0 radical (unpaired) electrons. The predicted molar refractivity (Wildman–Crippen MR) is 146 cm³/mol. The Bertz CT molecular complexity index is 1550. The van der Waals surface area contributed by atoms with Gasteiger partial charge in [0, 0.05) is 24.0 Å². The normalized spacial score (nSPS) is 17.3. The number of rotatable bonds is 7. The summed E-state index contributed by atoms with van der Waals surface area (Å²) in [6.07, 6.45) is 0.805. The molecule has 0 aromatic heterocycles. The highest BCUT2D eigenvalue weighted by Gasteiger charge is 2.36. The van der Waals surface area contributed by atoms with Crippen LogP contribution in [0.2, 0.25) is 0 Å². The average molecular weight is 503 g/mol. The fourth-order valence-electron chi connectivity index (χ4n) is 4.89. The predicted octanol–water partition coefficient (Wildman–Crippen LogP) is 7.78. The van der Waals surface area contributed by atoms with Gasteiger partial charge in [-0.1, -0.05) is 72.7 Å². The van der Waals surface area contributed by atoms with E-state index >= 15 is 0 Å². The van der Waals surface area contributed by atoms with Gasteiger partial charge in [0.2, 0.25) is 0 Å². The highest BCUT2D eigenvalue weighted by molar-refractivity contribution is 6.06. The molecule has 0 amide bonds. The van der Waals surface area contributed by atoms with E-state index in [9.17, 15) is 14.4 Å². The molecule has 2 unspecified atom stereocenters. The summed E-state index contributed by atoms with van der Waals surface area (Å²) in [5, 5.41) is 14.1. The Labute approximate surface area is 222 Å². The SMILES string of the molecule is CC(CC(=O)c1cc(C2=NOC(C)(c3ccccc3)C2)cc(-c2ccccc2C#N)c1)c1ccc(F)cc1. The molecule has 0 saturated carbocycles. The molecule has 38 heavy (non-hydrogen) atoms. The van der Waals surface area contributed by atoms with Gasteiger partial charge in [-0.25, -0.2) is 4.39 Å². The molecule has 4 aromatic carbocycles. The molecule has 1 aliphatic rings. The third-order valence-electron chi connectivity index (χ3n) is 7.12. The number of nitriles is 1. The fourth-order valence-corrected chi connectivity index (χ4v) is 4.89. The molecule has 2 atom stereocenters. The van der Waals surface area contributed by atoms with Gasteiger partial charge in [0.25, 0.3) is 0 Å². The van der Waals surface area contributed by atoms with Crippen molar-refractivity contribution in [1.29, 1.82) is 5.26 Å². The Morgan fingerprint density at radius 3 is 2.42 bits per heavy atom. The van der Waals surface area contributed by atoms with E-state index in [1.54, 1.807) is 18.2 Å². The van der Waals surface area contributed by atoms with Crippen molar-refractivity contribution in [2.45, 2.75) is 38.2 Å². The van der Waals surface area contributed by atoms with Crippen LogP contribution in [0, 0.1) is 17.1 Å². The third-order valence-corrected chi connectivity index (χ3v) is 7.12. The molecule has 0 spiro atoms. The van der Waals surface area contributed by atoms with E-state index in [1.165, 1.54) is 12.1 Å². The van der Waals surface area contributed by atoms with Crippen molar-refractivity contribution in [3.63, 3.8) is 0 Å². The lowest BCUT2D eigenvalue weighted by Crippen LogP contribution is -2.22. The highest BCUT2D eigenvalue weighted by Crippen LogP contribution is 2.37. The second-order valence-electron chi connectivity index (χ2n) is 9.94. The van der Waals surface area contributed by atoms with Gasteiger partial charge in [0.15, 0.2) is 11.4 Å². The van der Waals surface area contributed by atoms with Gasteiger partial charge in [0.1, 0.15) is 5.82 Å². The van der Waals surface area contributed by atoms with E-state index in [0.717, 1.165) is 33.5 Å². The average Bonchev–Trinajstić information content (AvgIpc) is 3.37. The Morgan fingerprint density at radius 2 is 1.68 bits per heavy atom. The minimum atomic E-state index is -0.613. The maximum Gasteiger partial charge on any atom is 0.165 e. The van der Waals surface area contributed by atoms with Gasteiger partial charge >= 0.3 is 0 Å². The fraction of sp³-hybridized carbons (Fsp3) is 0.182. The zero-order valence-corrected chi connectivity index (χ0v) is 21.3.